The number of aromatic hydroxyl groups is 1. The summed E-state index contributed by atoms with van der Waals surface area (Å²) in [7, 11) is 1.63. The van der Waals surface area contributed by atoms with Crippen LogP contribution >= 0.6 is 0 Å². The molecule has 0 bridgehead atoms. The highest BCUT2D eigenvalue weighted by Gasteiger charge is 2.23. The van der Waals surface area contributed by atoms with E-state index in [0.717, 1.165) is 22.4 Å². The Bertz CT molecular complexity index is 1070. The second kappa shape index (κ2) is 7.03. The number of phenols is 1. The van der Waals surface area contributed by atoms with Crippen molar-refractivity contribution in [2.45, 2.75) is 13.0 Å². The lowest BCUT2D eigenvalue weighted by Crippen LogP contribution is -2.13. The third-order valence-corrected chi connectivity index (χ3v) is 4.57. The molecule has 136 valence electrons. The van der Waals surface area contributed by atoms with Crippen molar-refractivity contribution in [2.24, 2.45) is 0 Å². The molecule has 0 aliphatic heterocycles. The zero-order chi connectivity index (χ0) is 18.8. The van der Waals surface area contributed by atoms with Crippen LogP contribution in [0.15, 0.2) is 71.5 Å². The molecule has 2 aromatic heterocycles. The lowest BCUT2D eigenvalue weighted by molar-refractivity contribution is 0.415. The molecule has 4 rings (SSSR count). The smallest absolute Gasteiger partial charge is 0.147 e. The molecule has 2 heterocycles. The van der Waals surface area contributed by atoms with Crippen LogP contribution in [0.1, 0.15) is 22.9 Å². The molecule has 0 fully saturated rings. The van der Waals surface area contributed by atoms with E-state index in [2.05, 4.69) is 10.3 Å². The number of rotatable bonds is 5. The van der Waals surface area contributed by atoms with Gasteiger partial charge in [-0.05, 0) is 42.8 Å². The predicted octanol–water partition coefficient (Wildman–Crippen LogP) is 5.05. The highest BCUT2D eigenvalue weighted by atomic mass is 16.5. The molecule has 0 radical (unpaired) electrons. The lowest BCUT2D eigenvalue weighted by Gasteiger charge is -2.22. The Kier molecular flexibility index (Phi) is 4.42. The molecule has 0 spiro atoms. The van der Waals surface area contributed by atoms with Crippen molar-refractivity contribution in [1.29, 1.82) is 0 Å². The number of phenolic OH excluding ortho intramolecular Hbond substituents is 1. The Balaban J connectivity index is 1.84. The summed E-state index contributed by atoms with van der Waals surface area (Å²) in [4.78, 5) is 4.33. The lowest BCUT2D eigenvalue weighted by atomic mass is 10.00. The van der Waals surface area contributed by atoms with Gasteiger partial charge in [-0.2, -0.15) is 0 Å². The van der Waals surface area contributed by atoms with Crippen molar-refractivity contribution in [3.63, 3.8) is 0 Å². The molecular weight excluding hydrogens is 340 g/mol. The number of pyridine rings is 1. The number of aromatic nitrogens is 1. The largest absolute Gasteiger partial charge is 0.505 e. The van der Waals surface area contributed by atoms with E-state index >= 15 is 0 Å². The first-order chi connectivity index (χ1) is 13.2. The molecule has 1 unspecified atom stereocenters. The summed E-state index contributed by atoms with van der Waals surface area (Å²) in [5.41, 5.74) is 3.16. The number of anilines is 1. The van der Waals surface area contributed by atoms with E-state index in [1.165, 1.54) is 0 Å². The van der Waals surface area contributed by atoms with Crippen molar-refractivity contribution in [3.05, 3.63) is 83.9 Å². The van der Waals surface area contributed by atoms with Crippen LogP contribution in [0.2, 0.25) is 0 Å². The van der Waals surface area contributed by atoms with E-state index in [9.17, 15) is 5.11 Å². The SMILES string of the molecule is COc1ccc(C)cc1NC(c1ccco1)c1ccc2cccnc2c1O. The van der Waals surface area contributed by atoms with Gasteiger partial charge in [0.15, 0.2) is 0 Å². The normalized spacial score (nSPS) is 12.1. The van der Waals surface area contributed by atoms with Crippen LogP contribution in [0, 0.1) is 6.92 Å². The number of nitrogens with one attached hydrogen (secondary N) is 1. The Morgan fingerprint density at radius 3 is 2.78 bits per heavy atom. The minimum absolute atomic E-state index is 0.133. The number of hydrogen-bond donors (Lipinski definition) is 2. The summed E-state index contributed by atoms with van der Waals surface area (Å²) < 4.78 is 11.1. The molecule has 0 amide bonds. The van der Waals surface area contributed by atoms with Gasteiger partial charge in [0.05, 0.1) is 19.1 Å². The van der Waals surface area contributed by atoms with Crippen LogP contribution in [0.5, 0.6) is 11.5 Å². The van der Waals surface area contributed by atoms with Crippen LogP contribution in [0.4, 0.5) is 5.69 Å². The van der Waals surface area contributed by atoms with Gasteiger partial charge >= 0.3 is 0 Å². The first-order valence-electron chi connectivity index (χ1n) is 8.68. The number of nitrogens with zero attached hydrogens (tertiary/aromatic N) is 1. The summed E-state index contributed by atoms with van der Waals surface area (Å²) in [6.07, 6.45) is 3.29. The molecule has 5 heteroatoms. The molecule has 0 saturated heterocycles. The number of benzene rings is 2. The average Bonchev–Trinajstić information content (AvgIpc) is 3.22. The third-order valence-electron chi connectivity index (χ3n) is 4.57. The highest BCUT2D eigenvalue weighted by molar-refractivity contribution is 5.86. The monoisotopic (exact) mass is 360 g/mol. The maximum Gasteiger partial charge on any atom is 0.147 e. The van der Waals surface area contributed by atoms with E-state index in [1.54, 1.807) is 19.6 Å². The molecule has 5 nitrogen and oxygen atoms in total. The number of hydrogen-bond acceptors (Lipinski definition) is 5. The minimum Gasteiger partial charge on any atom is -0.505 e. The van der Waals surface area contributed by atoms with Crippen LogP contribution < -0.4 is 10.1 Å². The van der Waals surface area contributed by atoms with E-state index in [1.807, 2.05) is 61.5 Å². The first kappa shape index (κ1) is 17.0. The number of ether oxygens (including phenoxy) is 1. The predicted molar refractivity (Wildman–Crippen MR) is 105 cm³/mol. The van der Waals surface area contributed by atoms with E-state index in [-0.39, 0.29) is 5.75 Å². The second-order valence-electron chi connectivity index (χ2n) is 6.38. The van der Waals surface area contributed by atoms with Crippen molar-refractivity contribution in [2.75, 3.05) is 12.4 Å². The average molecular weight is 360 g/mol. The van der Waals surface area contributed by atoms with Crippen molar-refractivity contribution < 1.29 is 14.3 Å². The van der Waals surface area contributed by atoms with E-state index < -0.39 is 6.04 Å². The Hall–Kier alpha value is -3.47. The van der Waals surface area contributed by atoms with Gasteiger partial charge < -0.3 is 19.6 Å². The zero-order valence-corrected chi connectivity index (χ0v) is 15.1. The van der Waals surface area contributed by atoms with Gasteiger partial charge in [-0.25, -0.2) is 0 Å². The van der Waals surface area contributed by atoms with Crippen LogP contribution in [-0.2, 0) is 0 Å². The fraction of sp³-hybridized carbons (Fsp3) is 0.136. The van der Waals surface area contributed by atoms with Gasteiger partial charge in [0.25, 0.3) is 0 Å². The summed E-state index contributed by atoms with van der Waals surface area (Å²) in [6.45, 7) is 2.02. The van der Waals surface area contributed by atoms with Crippen LogP contribution in [-0.4, -0.2) is 17.2 Å². The fourth-order valence-electron chi connectivity index (χ4n) is 3.23. The van der Waals surface area contributed by atoms with Crippen molar-refractivity contribution in [1.82, 2.24) is 4.98 Å². The van der Waals surface area contributed by atoms with Gasteiger partial charge in [0.1, 0.15) is 28.8 Å². The fourth-order valence-corrected chi connectivity index (χ4v) is 3.23. The Morgan fingerprint density at radius 1 is 1.11 bits per heavy atom. The second-order valence-corrected chi connectivity index (χ2v) is 6.38. The number of fused-ring (bicyclic) bond motifs is 1. The summed E-state index contributed by atoms with van der Waals surface area (Å²) in [5.74, 6) is 1.54. The topological polar surface area (TPSA) is 67.5 Å². The molecule has 0 aliphatic carbocycles. The molecule has 27 heavy (non-hydrogen) atoms. The van der Waals surface area contributed by atoms with Crippen molar-refractivity contribution in [3.8, 4) is 11.5 Å². The molecule has 2 aromatic carbocycles. The Labute approximate surface area is 157 Å². The zero-order valence-electron chi connectivity index (χ0n) is 15.1. The maximum absolute atomic E-state index is 10.9. The minimum atomic E-state index is -0.401. The molecular formula is C22H20N2O3. The van der Waals surface area contributed by atoms with Gasteiger partial charge in [-0.15, -0.1) is 0 Å². The van der Waals surface area contributed by atoms with Crippen LogP contribution in [0.25, 0.3) is 10.9 Å². The molecule has 0 aliphatic rings. The Morgan fingerprint density at radius 2 is 2.00 bits per heavy atom. The number of methoxy groups -OCH3 is 1. The van der Waals surface area contributed by atoms with Crippen LogP contribution in [0.3, 0.4) is 0 Å². The first-order valence-corrected chi connectivity index (χ1v) is 8.68. The summed E-state index contributed by atoms with van der Waals surface area (Å²) >= 11 is 0. The highest BCUT2D eigenvalue weighted by Crippen LogP contribution is 2.38. The number of furan rings is 1. The quantitative estimate of drug-likeness (QED) is 0.521. The molecule has 0 saturated carbocycles. The van der Waals surface area contributed by atoms with Gasteiger partial charge in [0, 0.05) is 17.1 Å². The molecule has 4 aromatic rings. The van der Waals surface area contributed by atoms with Crippen molar-refractivity contribution >= 4 is 16.6 Å². The van der Waals surface area contributed by atoms with E-state index in [4.69, 9.17) is 9.15 Å². The third kappa shape index (κ3) is 3.19. The molecule has 2 N–H and O–H groups in total. The summed E-state index contributed by atoms with van der Waals surface area (Å²) in [6, 6.07) is 16.8. The maximum atomic E-state index is 10.9. The van der Waals surface area contributed by atoms with Gasteiger partial charge in [-0.3, -0.25) is 4.98 Å². The number of aryl methyl sites for hydroxylation is 1. The summed E-state index contributed by atoms with van der Waals surface area (Å²) in [5, 5.41) is 15.2. The van der Waals surface area contributed by atoms with Gasteiger partial charge in [0.2, 0.25) is 0 Å². The molecule has 1 atom stereocenters. The van der Waals surface area contributed by atoms with Gasteiger partial charge in [-0.1, -0.05) is 24.3 Å². The standard InChI is InChI=1S/C22H20N2O3/c1-14-7-10-18(26-2)17(13-14)24-21(19-6-4-12-27-19)16-9-8-15-5-3-11-23-20(15)22(16)25/h3-13,21,24-25H,1-2H3. The van der Waals surface area contributed by atoms with E-state index in [0.29, 0.717) is 16.8 Å².